The lowest BCUT2D eigenvalue weighted by Gasteiger charge is -2.22. The first-order valence-corrected chi connectivity index (χ1v) is 12.1. The molecule has 3 aromatic heterocycles. The van der Waals surface area contributed by atoms with Crippen molar-refractivity contribution in [1.29, 1.82) is 0 Å². The molecule has 3 heteroatoms. The van der Waals surface area contributed by atoms with Crippen molar-refractivity contribution in [3.05, 3.63) is 78.5 Å². The molecule has 0 radical (unpaired) electrons. The van der Waals surface area contributed by atoms with Gasteiger partial charge in [0.25, 0.3) is 0 Å². The predicted octanol–water partition coefficient (Wildman–Crippen LogP) is 7.80. The highest BCUT2D eigenvalue weighted by atomic mass is 15.1. The average molecular weight is 442 g/mol. The molecule has 166 valence electrons. The zero-order chi connectivity index (χ0) is 23.1. The van der Waals surface area contributed by atoms with Gasteiger partial charge in [0, 0.05) is 47.2 Å². The summed E-state index contributed by atoms with van der Waals surface area (Å²) in [6.07, 6.45) is 3.04. The molecule has 0 atom stereocenters. The number of rotatable bonds is 3. The summed E-state index contributed by atoms with van der Waals surface area (Å²) in [5.74, 6) is 0.584. The van der Waals surface area contributed by atoms with Gasteiger partial charge in [-0.1, -0.05) is 62.4 Å². The van der Waals surface area contributed by atoms with Gasteiger partial charge in [0.15, 0.2) is 0 Å². The van der Waals surface area contributed by atoms with Gasteiger partial charge in [-0.15, -0.1) is 0 Å². The van der Waals surface area contributed by atoms with Gasteiger partial charge in [0.2, 0.25) is 0 Å². The van der Waals surface area contributed by atoms with Crippen LogP contribution < -0.4 is 4.90 Å². The Morgan fingerprint density at radius 1 is 0.794 bits per heavy atom. The maximum absolute atomic E-state index is 5.00. The molecule has 3 nitrogen and oxygen atoms in total. The van der Waals surface area contributed by atoms with Gasteiger partial charge in [-0.2, -0.15) is 0 Å². The molecule has 34 heavy (non-hydrogen) atoms. The Bertz CT molecular complexity index is 1890. The lowest BCUT2D eigenvalue weighted by atomic mass is 9.93. The second-order valence-corrected chi connectivity index (χ2v) is 10.2. The molecule has 0 spiro atoms. The van der Waals surface area contributed by atoms with Gasteiger partial charge < -0.3 is 9.30 Å². The molecule has 0 saturated carbocycles. The van der Waals surface area contributed by atoms with Crippen LogP contribution in [0.4, 0.5) is 5.69 Å². The molecular weight excluding hydrogens is 414 g/mol. The molecule has 0 unspecified atom stereocenters. The van der Waals surface area contributed by atoms with E-state index in [1.807, 2.05) is 6.20 Å². The van der Waals surface area contributed by atoms with Gasteiger partial charge in [0.1, 0.15) is 0 Å². The zero-order valence-corrected chi connectivity index (χ0v) is 20.1. The second kappa shape index (κ2) is 6.83. The number of hydrogen-bond acceptors (Lipinski definition) is 2. The van der Waals surface area contributed by atoms with Crippen LogP contribution in [0.25, 0.3) is 59.8 Å². The van der Waals surface area contributed by atoms with Crippen molar-refractivity contribution in [2.24, 2.45) is 5.92 Å². The number of fused-ring (bicyclic) bond motifs is 7. The lowest BCUT2D eigenvalue weighted by Crippen LogP contribution is -2.11. The van der Waals surface area contributed by atoms with Crippen LogP contribution in [0.5, 0.6) is 0 Å². The van der Waals surface area contributed by atoms with Crippen LogP contribution in [0.1, 0.15) is 19.4 Å². The van der Waals surface area contributed by atoms with Crippen molar-refractivity contribution in [3.8, 4) is 0 Å². The molecule has 4 aromatic carbocycles. The molecule has 0 aliphatic heterocycles. The van der Waals surface area contributed by atoms with Crippen molar-refractivity contribution >= 4 is 65.5 Å². The summed E-state index contributed by atoms with van der Waals surface area (Å²) in [7, 11) is 4.31. The van der Waals surface area contributed by atoms with E-state index in [0.29, 0.717) is 5.92 Å². The first kappa shape index (κ1) is 19.6. The van der Waals surface area contributed by atoms with Gasteiger partial charge in [-0.25, -0.2) is 0 Å². The van der Waals surface area contributed by atoms with E-state index in [2.05, 4.69) is 104 Å². The second-order valence-electron chi connectivity index (χ2n) is 10.2. The van der Waals surface area contributed by atoms with Crippen molar-refractivity contribution in [3.63, 3.8) is 0 Å². The third-order valence-electron chi connectivity index (χ3n) is 7.29. The molecule has 3 heterocycles. The molecule has 0 fully saturated rings. The summed E-state index contributed by atoms with van der Waals surface area (Å²) < 4.78 is 2.53. The molecule has 0 amide bonds. The SMILES string of the molecule is CC(C)Cc1cc2ccnc3c4cc5ccccc5c(N(C)C)c4n4c5ccccc5c1c4c23. The highest BCUT2D eigenvalue weighted by Gasteiger charge is 2.24. The molecule has 0 aliphatic rings. The number of aromatic nitrogens is 2. The van der Waals surface area contributed by atoms with E-state index in [4.69, 9.17) is 4.98 Å². The van der Waals surface area contributed by atoms with E-state index < -0.39 is 0 Å². The molecule has 7 rings (SSSR count). The van der Waals surface area contributed by atoms with E-state index in [1.165, 1.54) is 65.5 Å². The summed E-state index contributed by atoms with van der Waals surface area (Å²) in [4.78, 5) is 7.27. The summed E-state index contributed by atoms with van der Waals surface area (Å²) in [6.45, 7) is 4.62. The smallest absolute Gasteiger partial charge is 0.0823 e. The Kier molecular flexibility index (Phi) is 3.94. The highest BCUT2D eigenvalue weighted by molar-refractivity contribution is 6.31. The number of benzene rings is 4. The fraction of sp³-hybridized carbons (Fsp3) is 0.194. The summed E-state index contributed by atoms with van der Waals surface area (Å²) in [5, 5.41) is 8.99. The maximum atomic E-state index is 5.00. The fourth-order valence-electron chi connectivity index (χ4n) is 6.12. The number of pyridine rings is 2. The number of para-hydroxylation sites is 1. The van der Waals surface area contributed by atoms with Gasteiger partial charge in [-0.3, -0.25) is 4.98 Å². The molecule has 0 N–H and O–H groups in total. The van der Waals surface area contributed by atoms with E-state index in [-0.39, 0.29) is 0 Å². The molecule has 7 aromatic rings. The third kappa shape index (κ3) is 2.44. The minimum atomic E-state index is 0.584. The lowest BCUT2D eigenvalue weighted by molar-refractivity contribution is 0.651. The van der Waals surface area contributed by atoms with Gasteiger partial charge in [0.05, 0.1) is 27.8 Å². The van der Waals surface area contributed by atoms with Crippen LogP contribution in [0.2, 0.25) is 0 Å². The van der Waals surface area contributed by atoms with E-state index >= 15 is 0 Å². The Balaban J connectivity index is 1.90. The van der Waals surface area contributed by atoms with Crippen LogP contribution >= 0.6 is 0 Å². The van der Waals surface area contributed by atoms with Crippen LogP contribution in [-0.4, -0.2) is 23.5 Å². The minimum absolute atomic E-state index is 0.584. The topological polar surface area (TPSA) is 20.5 Å². The summed E-state index contributed by atoms with van der Waals surface area (Å²) in [5.41, 5.74) is 7.59. The van der Waals surface area contributed by atoms with Crippen molar-refractivity contribution in [1.82, 2.24) is 9.38 Å². The largest absolute Gasteiger partial charge is 0.375 e. The molecule has 0 aliphatic carbocycles. The van der Waals surface area contributed by atoms with E-state index in [1.54, 1.807) is 0 Å². The van der Waals surface area contributed by atoms with Crippen LogP contribution in [-0.2, 0) is 6.42 Å². The van der Waals surface area contributed by atoms with Gasteiger partial charge in [-0.05, 0) is 46.9 Å². The highest BCUT2D eigenvalue weighted by Crippen LogP contribution is 2.46. The van der Waals surface area contributed by atoms with Crippen LogP contribution in [0.3, 0.4) is 0 Å². The standard InChI is InChI=1S/C31H27N3/c1-18(2)15-21-16-20-13-14-32-28-24-17-19-9-5-6-10-22(19)29(33(3)4)30(24)34-25-12-8-7-11-23(25)26(21)31(34)27(20)28/h5-14,16-18H,15H2,1-4H3. The Hall–Kier alpha value is -3.85. The van der Waals surface area contributed by atoms with E-state index in [0.717, 1.165) is 11.9 Å². The number of nitrogens with zero attached hydrogens (tertiary/aromatic N) is 3. The Morgan fingerprint density at radius 2 is 1.56 bits per heavy atom. The van der Waals surface area contributed by atoms with Crippen molar-refractivity contribution in [2.45, 2.75) is 20.3 Å². The fourth-order valence-corrected chi connectivity index (χ4v) is 6.12. The predicted molar refractivity (Wildman–Crippen MR) is 147 cm³/mol. The monoisotopic (exact) mass is 441 g/mol. The number of hydrogen-bond donors (Lipinski definition) is 0. The zero-order valence-electron chi connectivity index (χ0n) is 20.1. The molecular formula is C31H27N3. The average Bonchev–Trinajstić information content (AvgIpc) is 3.18. The Labute approximate surface area is 198 Å². The first-order valence-electron chi connectivity index (χ1n) is 12.1. The quantitative estimate of drug-likeness (QED) is 0.206. The molecule has 0 bridgehead atoms. The summed E-state index contributed by atoms with van der Waals surface area (Å²) >= 11 is 0. The summed E-state index contributed by atoms with van der Waals surface area (Å²) in [6, 6.07) is 24.6. The normalized spacial score (nSPS) is 12.5. The van der Waals surface area contributed by atoms with Crippen LogP contribution in [0, 0.1) is 5.92 Å². The number of anilines is 1. The van der Waals surface area contributed by atoms with E-state index in [9.17, 15) is 0 Å². The first-order chi connectivity index (χ1) is 16.5. The maximum Gasteiger partial charge on any atom is 0.0823 e. The van der Waals surface area contributed by atoms with Gasteiger partial charge >= 0.3 is 0 Å². The molecule has 0 saturated heterocycles. The Morgan fingerprint density at radius 3 is 2.35 bits per heavy atom. The third-order valence-corrected chi connectivity index (χ3v) is 7.29. The minimum Gasteiger partial charge on any atom is -0.375 e. The van der Waals surface area contributed by atoms with Crippen LogP contribution in [0.15, 0.2) is 72.9 Å². The van der Waals surface area contributed by atoms with Crippen molar-refractivity contribution < 1.29 is 0 Å². The van der Waals surface area contributed by atoms with Crippen molar-refractivity contribution in [2.75, 3.05) is 19.0 Å².